The molecule has 8 heteroatoms. The fraction of sp³-hybridized carbons (Fsp3) is 0.421. The summed E-state index contributed by atoms with van der Waals surface area (Å²) in [5.74, 6) is -0.178. The van der Waals surface area contributed by atoms with Crippen molar-refractivity contribution in [3.63, 3.8) is 0 Å². The first kappa shape index (κ1) is 19.8. The van der Waals surface area contributed by atoms with Gasteiger partial charge in [-0.15, -0.1) is 0 Å². The number of nitrogens with two attached hydrogens (primary N) is 1. The number of carbonyl (C=O) groups is 1. The molecule has 1 aromatic carbocycles. The standard InChI is InChI=1S/C19H23ClFN3O3/c1-12-10-24(5-6-26-12)17(18-15(20)3-2-4-16(18)21)9-23-19(25)13-7-14(8-22)27-11-13/h2-4,7,11-12,17H,5-6,8-10,22H2,1H3,(H,23,25). The number of furan rings is 1. The molecule has 27 heavy (non-hydrogen) atoms. The number of nitrogens with one attached hydrogen (secondary N) is 1. The molecular formula is C19H23ClFN3O3. The zero-order valence-electron chi connectivity index (χ0n) is 15.1. The third-order valence-corrected chi connectivity index (χ3v) is 4.95. The Morgan fingerprint density at radius 3 is 3.00 bits per heavy atom. The molecule has 0 aliphatic carbocycles. The van der Waals surface area contributed by atoms with Gasteiger partial charge in [0.05, 0.1) is 30.9 Å². The lowest BCUT2D eigenvalue weighted by Crippen LogP contribution is -2.46. The van der Waals surface area contributed by atoms with E-state index in [0.717, 1.165) is 0 Å². The first-order valence-corrected chi connectivity index (χ1v) is 9.22. The molecule has 0 spiro atoms. The van der Waals surface area contributed by atoms with Crippen LogP contribution in [0, 0.1) is 5.82 Å². The summed E-state index contributed by atoms with van der Waals surface area (Å²) in [6, 6.07) is 5.79. The molecule has 0 bridgehead atoms. The molecular weight excluding hydrogens is 373 g/mol. The molecule has 0 saturated carbocycles. The van der Waals surface area contributed by atoms with Crippen molar-refractivity contribution in [2.24, 2.45) is 5.73 Å². The summed E-state index contributed by atoms with van der Waals surface area (Å²) >= 11 is 6.29. The molecule has 1 aliphatic rings. The fourth-order valence-electron chi connectivity index (χ4n) is 3.27. The molecule has 1 saturated heterocycles. The highest BCUT2D eigenvalue weighted by Crippen LogP contribution is 2.31. The maximum atomic E-state index is 14.6. The van der Waals surface area contributed by atoms with Crippen LogP contribution < -0.4 is 11.1 Å². The normalized spacial score (nSPS) is 19.0. The number of ether oxygens (including phenoxy) is 1. The van der Waals surface area contributed by atoms with Gasteiger partial charge in [-0.2, -0.15) is 0 Å². The summed E-state index contributed by atoms with van der Waals surface area (Å²) in [5.41, 5.74) is 6.26. The van der Waals surface area contributed by atoms with E-state index >= 15 is 0 Å². The summed E-state index contributed by atoms with van der Waals surface area (Å²) in [7, 11) is 0. The Morgan fingerprint density at radius 1 is 1.52 bits per heavy atom. The molecule has 1 aliphatic heterocycles. The summed E-state index contributed by atoms with van der Waals surface area (Å²) < 4.78 is 25.4. The number of hydrogen-bond acceptors (Lipinski definition) is 5. The smallest absolute Gasteiger partial charge is 0.254 e. The SMILES string of the molecule is CC1CN(C(CNC(=O)c2coc(CN)c2)c2c(F)cccc2Cl)CCO1. The van der Waals surface area contributed by atoms with E-state index < -0.39 is 11.9 Å². The number of halogens is 2. The van der Waals surface area contributed by atoms with Crippen molar-refractivity contribution in [3.8, 4) is 0 Å². The molecule has 2 heterocycles. The lowest BCUT2D eigenvalue weighted by atomic mass is 10.0. The van der Waals surface area contributed by atoms with Gasteiger partial charge in [-0.05, 0) is 25.1 Å². The van der Waals surface area contributed by atoms with Crippen molar-refractivity contribution >= 4 is 17.5 Å². The van der Waals surface area contributed by atoms with Crippen LogP contribution in [0.4, 0.5) is 4.39 Å². The van der Waals surface area contributed by atoms with Gasteiger partial charge in [0.1, 0.15) is 17.8 Å². The van der Waals surface area contributed by atoms with E-state index in [4.69, 9.17) is 26.5 Å². The fourth-order valence-corrected chi connectivity index (χ4v) is 3.56. The van der Waals surface area contributed by atoms with E-state index in [1.54, 1.807) is 18.2 Å². The van der Waals surface area contributed by atoms with Crippen LogP contribution in [0.1, 0.15) is 34.6 Å². The molecule has 2 unspecified atom stereocenters. The topological polar surface area (TPSA) is 80.7 Å². The predicted molar refractivity (Wildman–Crippen MR) is 100 cm³/mol. The van der Waals surface area contributed by atoms with Crippen LogP contribution in [0.3, 0.4) is 0 Å². The van der Waals surface area contributed by atoms with Crippen molar-refractivity contribution < 1.29 is 18.3 Å². The second-order valence-electron chi connectivity index (χ2n) is 6.54. The second-order valence-corrected chi connectivity index (χ2v) is 6.95. The average molecular weight is 396 g/mol. The Kier molecular flexibility index (Phi) is 6.49. The second kappa shape index (κ2) is 8.84. The number of nitrogens with zero attached hydrogens (tertiary/aromatic N) is 1. The van der Waals surface area contributed by atoms with E-state index in [-0.39, 0.29) is 25.1 Å². The van der Waals surface area contributed by atoms with Crippen LogP contribution in [-0.2, 0) is 11.3 Å². The molecule has 6 nitrogen and oxygen atoms in total. The summed E-state index contributed by atoms with van der Waals surface area (Å²) in [5, 5.41) is 3.19. The van der Waals surface area contributed by atoms with E-state index in [9.17, 15) is 9.18 Å². The van der Waals surface area contributed by atoms with Gasteiger partial charge in [-0.3, -0.25) is 9.69 Å². The Hall–Kier alpha value is -1.93. The van der Waals surface area contributed by atoms with Gasteiger partial charge in [0.25, 0.3) is 5.91 Å². The number of morpholine rings is 1. The Balaban J connectivity index is 1.80. The highest BCUT2D eigenvalue weighted by Gasteiger charge is 2.29. The lowest BCUT2D eigenvalue weighted by Gasteiger charge is -2.38. The molecule has 1 aromatic heterocycles. The monoisotopic (exact) mass is 395 g/mol. The minimum Gasteiger partial charge on any atom is -0.467 e. The molecule has 2 atom stereocenters. The number of amides is 1. The third kappa shape index (κ3) is 4.68. The minimum absolute atomic E-state index is 0.0171. The molecule has 2 aromatic rings. The third-order valence-electron chi connectivity index (χ3n) is 4.62. The Bertz CT molecular complexity index is 778. The minimum atomic E-state index is -0.408. The Labute approximate surface area is 162 Å². The molecule has 3 rings (SSSR count). The van der Waals surface area contributed by atoms with Crippen LogP contribution in [-0.4, -0.2) is 43.2 Å². The molecule has 146 valence electrons. The van der Waals surface area contributed by atoms with Crippen molar-refractivity contribution in [1.29, 1.82) is 0 Å². The largest absolute Gasteiger partial charge is 0.467 e. The van der Waals surface area contributed by atoms with Gasteiger partial charge >= 0.3 is 0 Å². The van der Waals surface area contributed by atoms with Crippen LogP contribution in [0.15, 0.2) is 34.9 Å². The van der Waals surface area contributed by atoms with E-state index in [1.807, 2.05) is 6.92 Å². The van der Waals surface area contributed by atoms with Crippen LogP contribution in [0.25, 0.3) is 0 Å². The quantitative estimate of drug-likeness (QED) is 0.786. The first-order valence-electron chi connectivity index (χ1n) is 8.84. The van der Waals surface area contributed by atoms with Crippen LogP contribution in [0.5, 0.6) is 0 Å². The first-order chi connectivity index (χ1) is 13.0. The maximum absolute atomic E-state index is 14.6. The van der Waals surface area contributed by atoms with Crippen LogP contribution >= 0.6 is 11.6 Å². The maximum Gasteiger partial charge on any atom is 0.254 e. The molecule has 1 amide bonds. The van der Waals surface area contributed by atoms with Gasteiger partial charge in [0.15, 0.2) is 0 Å². The summed E-state index contributed by atoms with van der Waals surface area (Å²) in [6.07, 6.45) is 1.38. The summed E-state index contributed by atoms with van der Waals surface area (Å²) in [6.45, 7) is 4.17. The van der Waals surface area contributed by atoms with Gasteiger partial charge in [-0.25, -0.2) is 4.39 Å². The van der Waals surface area contributed by atoms with Gasteiger partial charge < -0.3 is 20.2 Å². The van der Waals surface area contributed by atoms with E-state index in [1.165, 1.54) is 12.3 Å². The summed E-state index contributed by atoms with van der Waals surface area (Å²) in [4.78, 5) is 14.5. The van der Waals surface area contributed by atoms with Gasteiger partial charge in [0, 0.05) is 30.2 Å². The predicted octanol–water partition coefficient (Wildman–Crippen LogP) is 2.72. The van der Waals surface area contributed by atoms with Crippen molar-refractivity contribution in [1.82, 2.24) is 10.2 Å². The number of rotatable bonds is 6. The van der Waals surface area contributed by atoms with E-state index in [2.05, 4.69) is 10.2 Å². The van der Waals surface area contributed by atoms with Gasteiger partial charge in [0.2, 0.25) is 0 Å². The zero-order chi connectivity index (χ0) is 19.4. The van der Waals surface area contributed by atoms with Crippen molar-refractivity contribution in [2.75, 3.05) is 26.2 Å². The van der Waals surface area contributed by atoms with Crippen molar-refractivity contribution in [3.05, 3.63) is 58.3 Å². The Morgan fingerprint density at radius 2 is 2.33 bits per heavy atom. The molecule has 0 radical (unpaired) electrons. The zero-order valence-corrected chi connectivity index (χ0v) is 15.8. The number of carbonyl (C=O) groups excluding carboxylic acids is 1. The van der Waals surface area contributed by atoms with Crippen molar-refractivity contribution in [2.45, 2.75) is 25.6 Å². The highest BCUT2D eigenvalue weighted by molar-refractivity contribution is 6.31. The molecule has 3 N–H and O–H groups in total. The highest BCUT2D eigenvalue weighted by atomic mass is 35.5. The molecule has 1 fully saturated rings. The number of hydrogen-bond donors (Lipinski definition) is 2. The number of benzene rings is 1. The van der Waals surface area contributed by atoms with Gasteiger partial charge in [-0.1, -0.05) is 17.7 Å². The lowest BCUT2D eigenvalue weighted by molar-refractivity contribution is -0.0346. The average Bonchev–Trinajstić information content (AvgIpc) is 3.13. The van der Waals surface area contributed by atoms with Crippen LogP contribution in [0.2, 0.25) is 5.02 Å². The van der Waals surface area contributed by atoms with E-state index in [0.29, 0.717) is 41.6 Å².